The van der Waals surface area contributed by atoms with Crippen molar-refractivity contribution in [1.82, 2.24) is 5.32 Å². The monoisotopic (exact) mass is 177 g/mol. The molecule has 1 rings (SSSR count). The van der Waals surface area contributed by atoms with Crippen LogP contribution in [0.2, 0.25) is 0 Å². The van der Waals surface area contributed by atoms with Crippen molar-refractivity contribution in [2.24, 2.45) is 0 Å². The van der Waals surface area contributed by atoms with Crippen LogP contribution in [-0.2, 0) is 6.42 Å². The Morgan fingerprint density at radius 2 is 2.00 bits per heavy atom. The highest BCUT2D eigenvalue weighted by Crippen LogP contribution is 2.12. The number of hydrogen-bond donors (Lipinski definition) is 1. The second kappa shape index (κ2) is 4.43. The molecular formula is C12H19N. The molecule has 13 heavy (non-hydrogen) atoms. The molecule has 0 aliphatic rings. The molecule has 1 aromatic rings. The van der Waals surface area contributed by atoms with Crippen molar-refractivity contribution in [3.63, 3.8) is 0 Å². The maximum absolute atomic E-state index is 3.26. The Balaban J connectivity index is 2.77. The molecule has 0 saturated heterocycles. The summed E-state index contributed by atoms with van der Waals surface area (Å²) in [6, 6.07) is 7.22. The van der Waals surface area contributed by atoms with E-state index < -0.39 is 0 Å². The van der Waals surface area contributed by atoms with E-state index in [1.807, 2.05) is 7.05 Å². The summed E-state index contributed by atoms with van der Waals surface area (Å²) >= 11 is 0. The Morgan fingerprint density at radius 1 is 1.31 bits per heavy atom. The van der Waals surface area contributed by atoms with Gasteiger partial charge in [0.25, 0.3) is 0 Å². The molecule has 0 spiro atoms. The molecule has 0 aromatic heterocycles. The normalized spacial score (nSPS) is 12.9. The van der Waals surface area contributed by atoms with E-state index in [0.717, 1.165) is 6.42 Å². The van der Waals surface area contributed by atoms with E-state index in [9.17, 15) is 0 Å². The van der Waals surface area contributed by atoms with Gasteiger partial charge < -0.3 is 5.32 Å². The Morgan fingerprint density at radius 3 is 2.54 bits per heavy atom. The van der Waals surface area contributed by atoms with Gasteiger partial charge in [-0.3, -0.25) is 0 Å². The van der Waals surface area contributed by atoms with E-state index in [2.05, 4.69) is 44.3 Å². The van der Waals surface area contributed by atoms with Gasteiger partial charge in [-0.05, 0) is 45.4 Å². The van der Waals surface area contributed by atoms with Gasteiger partial charge in [-0.25, -0.2) is 0 Å². The first-order chi connectivity index (χ1) is 6.13. The van der Waals surface area contributed by atoms with Gasteiger partial charge in [0.05, 0.1) is 0 Å². The first kappa shape index (κ1) is 10.3. The predicted octanol–water partition coefficient (Wildman–Crippen LogP) is 2.45. The first-order valence-electron chi connectivity index (χ1n) is 4.87. The third-order valence-electron chi connectivity index (χ3n) is 2.52. The van der Waals surface area contributed by atoms with Crippen LogP contribution in [0.3, 0.4) is 0 Å². The van der Waals surface area contributed by atoms with E-state index >= 15 is 0 Å². The number of likely N-dealkylation sites (N-methyl/N-ethyl adjacent to an activating group) is 1. The quantitative estimate of drug-likeness (QED) is 0.748. The second-order valence-corrected chi connectivity index (χ2v) is 3.82. The van der Waals surface area contributed by atoms with E-state index in [1.54, 1.807) is 0 Å². The van der Waals surface area contributed by atoms with Crippen LogP contribution >= 0.6 is 0 Å². The molecular weight excluding hydrogens is 158 g/mol. The standard InChI is InChI=1S/C12H19N/c1-9-5-6-12(10(2)7-9)8-11(3)13-4/h5-7,11,13H,8H2,1-4H3. The highest BCUT2D eigenvalue weighted by Gasteiger charge is 2.02. The van der Waals surface area contributed by atoms with Crippen LogP contribution in [0.4, 0.5) is 0 Å². The number of benzene rings is 1. The molecule has 0 aliphatic carbocycles. The molecule has 1 N–H and O–H groups in total. The maximum Gasteiger partial charge on any atom is 0.00762 e. The zero-order valence-corrected chi connectivity index (χ0v) is 9.02. The van der Waals surface area contributed by atoms with E-state index in [0.29, 0.717) is 6.04 Å². The number of nitrogens with one attached hydrogen (secondary N) is 1. The Hall–Kier alpha value is -0.820. The molecule has 1 aromatic carbocycles. The lowest BCUT2D eigenvalue weighted by atomic mass is 10.0. The van der Waals surface area contributed by atoms with Crippen LogP contribution in [0.15, 0.2) is 18.2 Å². The predicted molar refractivity (Wildman–Crippen MR) is 58.1 cm³/mol. The molecule has 1 atom stereocenters. The van der Waals surface area contributed by atoms with Crippen molar-refractivity contribution in [2.45, 2.75) is 33.2 Å². The van der Waals surface area contributed by atoms with Gasteiger partial charge in [0, 0.05) is 6.04 Å². The molecule has 72 valence electrons. The van der Waals surface area contributed by atoms with E-state index in [-0.39, 0.29) is 0 Å². The minimum absolute atomic E-state index is 0.557. The van der Waals surface area contributed by atoms with Crippen molar-refractivity contribution >= 4 is 0 Å². The number of rotatable bonds is 3. The van der Waals surface area contributed by atoms with Crippen LogP contribution in [0, 0.1) is 13.8 Å². The zero-order chi connectivity index (χ0) is 9.84. The molecule has 1 heteroatoms. The third-order valence-corrected chi connectivity index (χ3v) is 2.52. The molecule has 0 aliphatic heterocycles. The van der Waals surface area contributed by atoms with E-state index in [4.69, 9.17) is 0 Å². The molecule has 0 heterocycles. The lowest BCUT2D eigenvalue weighted by Gasteiger charge is -2.12. The minimum atomic E-state index is 0.557. The lowest BCUT2D eigenvalue weighted by Crippen LogP contribution is -2.23. The van der Waals surface area contributed by atoms with Gasteiger partial charge >= 0.3 is 0 Å². The fourth-order valence-electron chi connectivity index (χ4n) is 1.51. The fourth-order valence-corrected chi connectivity index (χ4v) is 1.51. The summed E-state index contributed by atoms with van der Waals surface area (Å²) in [5, 5.41) is 3.26. The van der Waals surface area contributed by atoms with Crippen LogP contribution in [0.1, 0.15) is 23.6 Å². The lowest BCUT2D eigenvalue weighted by molar-refractivity contribution is 0.607. The number of hydrogen-bond acceptors (Lipinski definition) is 1. The first-order valence-corrected chi connectivity index (χ1v) is 4.87. The van der Waals surface area contributed by atoms with Crippen molar-refractivity contribution in [1.29, 1.82) is 0 Å². The smallest absolute Gasteiger partial charge is 0.00762 e. The fraction of sp³-hybridized carbons (Fsp3) is 0.500. The van der Waals surface area contributed by atoms with Crippen LogP contribution in [0.25, 0.3) is 0 Å². The molecule has 0 saturated carbocycles. The molecule has 0 fully saturated rings. The van der Waals surface area contributed by atoms with Gasteiger partial charge in [0.2, 0.25) is 0 Å². The van der Waals surface area contributed by atoms with E-state index in [1.165, 1.54) is 16.7 Å². The summed E-state index contributed by atoms with van der Waals surface area (Å²) in [4.78, 5) is 0. The van der Waals surface area contributed by atoms with Crippen molar-refractivity contribution < 1.29 is 0 Å². The topological polar surface area (TPSA) is 12.0 Å². The molecule has 1 nitrogen and oxygen atoms in total. The Bertz CT molecular complexity index is 278. The number of aryl methyl sites for hydroxylation is 2. The summed E-state index contributed by atoms with van der Waals surface area (Å²) in [6.45, 7) is 6.53. The Labute approximate surface area is 81.2 Å². The molecule has 0 radical (unpaired) electrons. The van der Waals surface area contributed by atoms with Crippen LogP contribution < -0.4 is 5.32 Å². The average Bonchev–Trinajstić information content (AvgIpc) is 2.09. The summed E-state index contributed by atoms with van der Waals surface area (Å²) in [6.07, 6.45) is 1.11. The molecule has 1 unspecified atom stereocenters. The van der Waals surface area contributed by atoms with Gasteiger partial charge in [-0.2, -0.15) is 0 Å². The van der Waals surface area contributed by atoms with Crippen molar-refractivity contribution in [3.05, 3.63) is 34.9 Å². The maximum atomic E-state index is 3.26. The zero-order valence-electron chi connectivity index (χ0n) is 9.02. The minimum Gasteiger partial charge on any atom is -0.317 e. The van der Waals surface area contributed by atoms with Gasteiger partial charge in [0.15, 0.2) is 0 Å². The summed E-state index contributed by atoms with van der Waals surface area (Å²) in [5.41, 5.74) is 4.20. The van der Waals surface area contributed by atoms with Gasteiger partial charge in [0.1, 0.15) is 0 Å². The average molecular weight is 177 g/mol. The van der Waals surface area contributed by atoms with Gasteiger partial charge in [-0.1, -0.05) is 23.8 Å². The highest BCUT2D eigenvalue weighted by molar-refractivity contribution is 5.30. The summed E-state index contributed by atoms with van der Waals surface area (Å²) in [7, 11) is 2.01. The van der Waals surface area contributed by atoms with Crippen molar-refractivity contribution in [2.75, 3.05) is 7.05 Å². The van der Waals surface area contributed by atoms with Crippen LogP contribution in [0.5, 0.6) is 0 Å². The summed E-state index contributed by atoms with van der Waals surface area (Å²) < 4.78 is 0. The third kappa shape index (κ3) is 2.85. The highest BCUT2D eigenvalue weighted by atomic mass is 14.8. The van der Waals surface area contributed by atoms with Crippen molar-refractivity contribution in [3.8, 4) is 0 Å². The summed E-state index contributed by atoms with van der Waals surface area (Å²) in [5.74, 6) is 0. The van der Waals surface area contributed by atoms with Gasteiger partial charge in [-0.15, -0.1) is 0 Å². The SMILES string of the molecule is CNC(C)Cc1ccc(C)cc1C. The molecule has 0 bridgehead atoms. The second-order valence-electron chi connectivity index (χ2n) is 3.82. The Kier molecular flexibility index (Phi) is 3.49. The molecule has 0 amide bonds. The largest absolute Gasteiger partial charge is 0.317 e. The van der Waals surface area contributed by atoms with Crippen LogP contribution in [-0.4, -0.2) is 13.1 Å².